The van der Waals surface area contributed by atoms with E-state index in [1.807, 2.05) is 0 Å². The predicted molar refractivity (Wildman–Crippen MR) is 329 cm³/mol. The number of para-hydroxylation sites is 2. The number of aromatic nitrogens is 2. The minimum absolute atomic E-state index is 0.872. The Labute approximate surface area is 453 Å². The molecule has 0 fully saturated rings. The standard InChI is InChI=1S/C74H50N2OSi/c1-4-21-49(22-5-1)50-24-16-25-51(45-50)58-34-18-41-70-73(58)63-47-54(43-44-69(63)77-70)75-64-36-14-13-33-61(64)74-67(75)39-20-40-68(74)76-65-37-15-12-32-60(65)72-53(26-17-38-66(72)76)48-78(55-27-6-2-7-28-55,56-29-8-3-9-30-56)71-42-19-35-59-57-31-11-10-23-52(57)46-62(59)71/h1-45,47H,46,48H2. The molecule has 0 amide bonds. The van der Waals surface area contributed by atoms with Gasteiger partial charge >= 0.3 is 0 Å². The molecule has 16 rings (SSSR count). The summed E-state index contributed by atoms with van der Waals surface area (Å²) in [5.74, 6) is 0. The van der Waals surface area contributed by atoms with Gasteiger partial charge in [0.1, 0.15) is 11.2 Å². The minimum atomic E-state index is -2.84. The van der Waals surface area contributed by atoms with Crippen molar-refractivity contribution in [2.45, 2.75) is 12.5 Å². The van der Waals surface area contributed by atoms with Gasteiger partial charge in [0.25, 0.3) is 0 Å². The lowest BCUT2D eigenvalue weighted by Crippen LogP contribution is -2.69. The van der Waals surface area contributed by atoms with Crippen molar-refractivity contribution in [3.8, 4) is 44.8 Å². The van der Waals surface area contributed by atoms with Crippen molar-refractivity contribution >= 4 is 89.2 Å². The Morgan fingerprint density at radius 2 is 0.936 bits per heavy atom. The second kappa shape index (κ2) is 17.7. The summed E-state index contributed by atoms with van der Waals surface area (Å²) in [5, 5.41) is 11.6. The van der Waals surface area contributed by atoms with Crippen LogP contribution in [0, 0.1) is 0 Å². The van der Waals surface area contributed by atoms with Crippen LogP contribution in [0.5, 0.6) is 0 Å². The summed E-state index contributed by atoms with van der Waals surface area (Å²) in [4.78, 5) is 0. The van der Waals surface area contributed by atoms with Gasteiger partial charge in [-0.15, -0.1) is 0 Å². The first kappa shape index (κ1) is 44.5. The van der Waals surface area contributed by atoms with Crippen molar-refractivity contribution in [3.05, 3.63) is 296 Å². The minimum Gasteiger partial charge on any atom is -0.456 e. The number of nitrogens with zero attached hydrogens (tertiary/aromatic N) is 2. The molecule has 1 aliphatic carbocycles. The van der Waals surface area contributed by atoms with E-state index in [-0.39, 0.29) is 0 Å². The van der Waals surface area contributed by atoms with E-state index in [9.17, 15) is 0 Å². The molecule has 0 aliphatic heterocycles. The normalized spacial score (nSPS) is 12.4. The highest BCUT2D eigenvalue weighted by Gasteiger charge is 2.43. The first-order valence-corrected chi connectivity index (χ1v) is 29.4. The second-order valence-electron chi connectivity index (χ2n) is 21.1. The second-order valence-corrected chi connectivity index (χ2v) is 24.9. The van der Waals surface area contributed by atoms with Gasteiger partial charge in [0, 0.05) is 38.0 Å². The largest absolute Gasteiger partial charge is 0.456 e. The molecule has 3 heterocycles. The van der Waals surface area contributed by atoms with Gasteiger partial charge in [0.15, 0.2) is 8.07 Å². The van der Waals surface area contributed by atoms with E-state index in [1.54, 1.807) is 0 Å². The van der Waals surface area contributed by atoms with Gasteiger partial charge in [-0.3, -0.25) is 0 Å². The molecule has 1 aliphatic rings. The number of hydrogen-bond donors (Lipinski definition) is 0. The molecule has 0 saturated carbocycles. The Hall–Kier alpha value is -9.74. The fourth-order valence-electron chi connectivity index (χ4n) is 13.7. The molecule has 0 spiro atoms. The van der Waals surface area contributed by atoms with E-state index in [1.165, 1.54) is 87.1 Å². The van der Waals surface area contributed by atoms with Gasteiger partial charge < -0.3 is 13.6 Å². The number of benzene rings is 12. The highest BCUT2D eigenvalue weighted by Crippen LogP contribution is 2.44. The van der Waals surface area contributed by atoms with E-state index in [0.717, 1.165) is 67.9 Å². The van der Waals surface area contributed by atoms with E-state index in [2.05, 4.69) is 288 Å². The topological polar surface area (TPSA) is 23.0 Å². The van der Waals surface area contributed by atoms with E-state index >= 15 is 0 Å². The van der Waals surface area contributed by atoms with Crippen molar-refractivity contribution in [2.24, 2.45) is 0 Å². The lowest BCUT2D eigenvalue weighted by molar-refractivity contribution is 0.669. The van der Waals surface area contributed by atoms with Gasteiger partial charge in [0.2, 0.25) is 0 Å². The number of hydrogen-bond acceptors (Lipinski definition) is 1. The average molecular weight is 1010 g/mol. The summed E-state index contributed by atoms with van der Waals surface area (Å²) < 4.78 is 11.7. The molecular formula is C74H50N2OSi. The molecule has 12 aromatic carbocycles. The first-order chi connectivity index (χ1) is 38.7. The lowest BCUT2D eigenvalue weighted by Gasteiger charge is -2.36. The molecule has 3 aromatic heterocycles. The molecule has 0 radical (unpaired) electrons. The van der Waals surface area contributed by atoms with E-state index in [4.69, 9.17) is 4.42 Å². The van der Waals surface area contributed by atoms with Gasteiger partial charge in [-0.1, -0.05) is 218 Å². The summed E-state index contributed by atoms with van der Waals surface area (Å²) in [6, 6.07) is 105. The SMILES string of the molecule is c1ccc(-c2cccc(-c3cccc4oc5ccc(-n6c7ccccc7c7c(-n8c9ccccc9c9c(C[Si](c%10ccccc%10)(c%10ccccc%10)c%10cccc%11c%10Cc%10ccccc%10-%11)cccc98)cccc76)cc5c34)c2)cc1. The summed E-state index contributed by atoms with van der Waals surface area (Å²) in [6.07, 6.45) is 0.939. The molecule has 0 unspecified atom stereocenters. The zero-order valence-electron chi connectivity index (χ0n) is 42.8. The Bertz CT molecular complexity index is 4810. The van der Waals surface area contributed by atoms with Crippen LogP contribution in [0.2, 0.25) is 0 Å². The van der Waals surface area contributed by atoms with Crippen LogP contribution in [0.1, 0.15) is 16.7 Å². The monoisotopic (exact) mass is 1010 g/mol. The molecule has 15 aromatic rings. The van der Waals surface area contributed by atoms with Crippen LogP contribution in [0.4, 0.5) is 0 Å². The summed E-state index contributed by atoms with van der Waals surface area (Å²) in [7, 11) is -2.84. The molecule has 4 heteroatoms. The molecule has 366 valence electrons. The third-order valence-corrected chi connectivity index (χ3v) is 22.0. The summed E-state index contributed by atoms with van der Waals surface area (Å²) >= 11 is 0. The molecule has 0 bridgehead atoms. The van der Waals surface area contributed by atoms with Crippen molar-refractivity contribution in [3.63, 3.8) is 0 Å². The van der Waals surface area contributed by atoms with Crippen LogP contribution < -0.4 is 15.6 Å². The Kier molecular flexibility index (Phi) is 10.1. The van der Waals surface area contributed by atoms with Gasteiger partial charge in [0.05, 0.1) is 27.8 Å². The fraction of sp³-hybridized carbons (Fsp3) is 0.0270. The van der Waals surface area contributed by atoms with Crippen LogP contribution >= 0.6 is 0 Å². The zero-order chi connectivity index (χ0) is 51.3. The van der Waals surface area contributed by atoms with Crippen molar-refractivity contribution in [1.29, 1.82) is 0 Å². The smallest absolute Gasteiger partial charge is 0.152 e. The predicted octanol–water partition coefficient (Wildman–Crippen LogP) is 16.9. The molecule has 78 heavy (non-hydrogen) atoms. The molecule has 0 saturated heterocycles. The van der Waals surface area contributed by atoms with Crippen LogP contribution in [-0.2, 0) is 12.5 Å². The molecule has 0 atom stereocenters. The van der Waals surface area contributed by atoms with Crippen molar-refractivity contribution in [2.75, 3.05) is 0 Å². The average Bonchev–Trinajstić information content (AvgIpc) is 4.38. The third kappa shape index (κ3) is 6.70. The lowest BCUT2D eigenvalue weighted by atomic mass is 9.96. The van der Waals surface area contributed by atoms with E-state index in [0.29, 0.717) is 0 Å². The Morgan fingerprint density at radius 1 is 0.359 bits per heavy atom. The number of rotatable bonds is 9. The summed E-state index contributed by atoms with van der Waals surface area (Å²) in [6.45, 7) is 0. The molecule has 3 nitrogen and oxygen atoms in total. The summed E-state index contributed by atoms with van der Waals surface area (Å²) in [5.41, 5.74) is 20.4. The third-order valence-electron chi connectivity index (χ3n) is 17.0. The van der Waals surface area contributed by atoms with Crippen LogP contribution in [-0.4, -0.2) is 17.2 Å². The van der Waals surface area contributed by atoms with Crippen molar-refractivity contribution in [1.82, 2.24) is 9.13 Å². The van der Waals surface area contributed by atoms with Gasteiger partial charge in [-0.05, 0) is 139 Å². The number of furan rings is 1. The molecule has 0 N–H and O–H groups in total. The maximum absolute atomic E-state index is 6.66. The highest BCUT2D eigenvalue weighted by molar-refractivity contribution is 7.11. The number of fused-ring (bicyclic) bond motifs is 12. The van der Waals surface area contributed by atoms with Crippen molar-refractivity contribution < 1.29 is 4.42 Å². The fourth-order valence-corrected chi connectivity index (χ4v) is 18.8. The Balaban J connectivity index is 0.901. The zero-order valence-corrected chi connectivity index (χ0v) is 43.8. The Morgan fingerprint density at radius 3 is 1.73 bits per heavy atom. The highest BCUT2D eigenvalue weighted by atomic mass is 28.3. The first-order valence-electron chi connectivity index (χ1n) is 27.2. The maximum Gasteiger partial charge on any atom is 0.152 e. The van der Waals surface area contributed by atoms with Crippen LogP contribution in [0.3, 0.4) is 0 Å². The molecular weight excluding hydrogens is 961 g/mol. The van der Waals surface area contributed by atoms with E-state index < -0.39 is 8.07 Å². The van der Waals surface area contributed by atoms with Gasteiger partial charge in [-0.2, -0.15) is 0 Å². The maximum atomic E-state index is 6.66. The van der Waals surface area contributed by atoms with Gasteiger partial charge in [-0.25, -0.2) is 0 Å². The van der Waals surface area contributed by atoms with Crippen LogP contribution in [0.25, 0.3) is 110 Å². The van der Waals surface area contributed by atoms with Crippen LogP contribution in [0.15, 0.2) is 283 Å². The quantitative estimate of drug-likeness (QED) is 0.104.